The summed E-state index contributed by atoms with van der Waals surface area (Å²) in [4.78, 5) is 12.5. The van der Waals surface area contributed by atoms with E-state index in [0.29, 0.717) is 23.6 Å². The van der Waals surface area contributed by atoms with Gasteiger partial charge < -0.3 is 10.6 Å². The second-order valence-corrected chi connectivity index (χ2v) is 9.45. The summed E-state index contributed by atoms with van der Waals surface area (Å²) in [5, 5.41) is 8.18. The Balaban J connectivity index is 1.75. The van der Waals surface area contributed by atoms with Crippen molar-refractivity contribution in [2.75, 3.05) is 18.4 Å². The molecule has 1 heterocycles. The molecule has 0 saturated carbocycles. The molecule has 2 aromatic carbocycles. The molecular weight excluding hydrogens is 391 g/mol. The number of benzene rings is 2. The minimum atomic E-state index is -0.0582. The van der Waals surface area contributed by atoms with Gasteiger partial charge in [0.25, 0.3) is 0 Å². The standard InChI is InChI=1S/C23H28Cl2N2O/c1-23(2,3)13-21(28)18-6-4-15(12-20(18)25)14-27-22-17-9-11-26-10-8-16(17)5-7-19(22)24/h4-7,12,26-27H,8-11,13-14H2,1-3H3. The van der Waals surface area contributed by atoms with E-state index in [1.54, 1.807) is 0 Å². The van der Waals surface area contributed by atoms with Crippen LogP contribution in [0, 0.1) is 5.41 Å². The van der Waals surface area contributed by atoms with Gasteiger partial charge in [0.2, 0.25) is 0 Å². The highest BCUT2D eigenvalue weighted by Crippen LogP contribution is 2.32. The van der Waals surface area contributed by atoms with Gasteiger partial charge in [-0.1, -0.05) is 56.1 Å². The lowest BCUT2D eigenvalue weighted by molar-refractivity contribution is 0.0940. The molecule has 28 heavy (non-hydrogen) atoms. The third-order valence-corrected chi connectivity index (χ3v) is 5.60. The number of halogens is 2. The summed E-state index contributed by atoms with van der Waals surface area (Å²) in [6.07, 6.45) is 2.45. The third kappa shape index (κ3) is 5.28. The number of nitrogens with one attached hydrogen (secondary N) is 2. The van der Waals surface area contributed by atoms with Gasteiger partial charge in [-0.3, -0.25) is 4.79 Å². The van der Waals surface area contributed by atoms with E-state index in [9.17, 15) is 4.79 Å². The summed E-state index contributed by atoms with van der Waals surface area (Å²) in [6.45, 7) is 8.72. The van der Waals surface area contributed by atoms with Gasteiger partial charge in [-0.05, 0) is 66.2 Å². The van der Waals surface area contributed by atoms with Gasteiger partial charge in [0.15, 0.2) is 5.78 Å². The molecule has 150 valence electrons. The van der Waals surface area contributed by atoms with Crippen molar-refractivity contribution in [2.24, 2.45) is 5.41 Å². The molecule has 0 amide bonds. The Kier molecular flexibility index (Phi) is 6.69. The molecular formula is C23H28Cl2N2O. The average Bonchev–Trinajstić information content (AvgIpc) is 2.85. The molecule has 0 aliphatic carbocycles. The van der Waals surface area contributed by atoms with Crippen molar-refractivity contribution in [1.29, 1.82) is 0 Å². The predicted molar refractivity (Wildman–Crippen MR) is 119 cm³/mol. The molecule has 3 nitrogen and oxygen atoms in total. The van der Waals surface area contributed by atoms with Crippen molar-refractivity contribution >= 4 is 34.7 Å². The number of rotatable bonds is 5. The smallest absolute Gasteiger partial charge is 0.164 e. The Morgan fingerprint density at radius 3 is 2.54 bits per heavy atom. The molecule has 0 radical (unpaired) electrons. The lowest BCUT2D eigenvalue weighted by atomic mass is 9.87. The number of hydrogen-bond donors (Lipinski definition) is 2. The maximum Gasteiger partial charge on any atom is 0.164 e. The van der Waals surface area contributed by atoms with Crippen LogP contribution in [0.25, 0.3) is 0 Å². The Morgan fingerprint density at radius 2 is 1.82 bits per heavy atom. The number of fused-ring (bicyclic) bond motifs is 1. The van der Waals surface area contributed by atoms with Crippen LogP contribution in [0.4, 0.5) is 5.69 Å². The number of carbonyl (C=O) groups excluding carboxylic acids is 1. The maximum atomic E-state index is 12.5. The first-order chi connectivity index (χ1) is 13.2. The van der Waals surface area contributed by atoms with Gasteiger partial charge in [-0.15, -0.1) is 0 Å². The summed E-state index contributed by atoms with van der Waals surface area (Å²) >= 11 is 12.9. The highest BCUT2D eigenvalue weighted by molar-refractivity contribution is 6.34. The molecule has 2 N–H and O–H groups in total. The van der Waals surface area contributed by atoms with Gasteiger partial charge in [0.05, 0.1) is 15.7 Å². The molecule has 0 fully saturated rings. The van der Waals surface area contributed by atoms with Gasteiger partial charge in [-0.25, -0.2) is 0 Å². The van der Waals surface area contributed by atoms with Crippen LogP contribution < -0.4 is 10.6 Å². The van der Waals surface area contributed by atoms with E-state index in [-0.39, 0.29) is 11.2 Å². The lowest BCUT2D eigenvalue weighted by Gasteiger charge is -2.18. The largest absolute Gasteiger partial charge is 0.380 e. The normalized spacial score (nSPS) is 14.3. The molecule has 3 rings (SSSR count). The minimum Gasteiger partial charge on any atom is -0.380 e. The predicted octanol–water partition coefficient (Wildman–Crippen LogP) is 5.91. The Labute approximate surface area is 177 Å². The first kappa shape index (κ1) is 21.2. The molecule has 2 aromatic rings. The van der Waals surface area contributed by atoms with Crippen molar-refractivity contribution in [2.45, 2.75) is 46.6 Å². The Bertz CT molecular complexity index is 872. The van der Waals surface area contributed by atoms with Crippen molar-refractivity contribution in [1.82, 2.24) is 5.32 Å². The van der Waals surface area contributed by atoms with Gasteiger partial charge in [0, 0.05) is 18.5 Å². The van der Waals surface area contributed by atoms with Crippen LogP contribution in [0.15, 0.2) is 30.3 Å². The number of Topliss-reactive ketones (excluding diaryl/α,β-unsaturated/α-hetero) is 1. The number of hydrogen-bond acceptors (Lipinski definition) is 3. The average molecular weight is 419 g/mol. The van der Waals surface area contributed by atoms with Crippen LogP contribution in [0.1, 0.15) is 54.2 Å². The maximum absolute atomic E-state index is 12.5. The summed E-state index contributed by atoms with van der Waals surface area (Å²) in [5.41, 5.74) is 5.21. The van der Waals surface area contributed by atoms with Crippen LogP contribution in [-0.4, -0.2) is 18.9 Å². The molecule has 0 unspecified atom stereocenters. The summed E-state index contributed by atoms with van der Waals surface area (Å²) < 4.78 is 0. The van der Waals surface area contributed by atoms with E-state index in [4.69, 9.17) is 23.2 Å². The van der Waals surface area contributed by atoms with Crippen LogP contribution in [0.2, 0.25) is 10.0 Å². The molecule has 1 aliphatic rings. The van der Waals surface area contributed by atoms with Crippen molar-refractivity contribution in [3.63, 3.8) is 0 Å². The molecule has 0 spiro atoms. The van der Waals surface area contributed by atoms with E-state index >= 15 is 0 Å². The summed E-state index contributed by atoms with van der Waals surface area (Å²) in [7, 11) is 0. The SMILES string of the molecule is CC(C)(C)CC(=O)c1ccc(CNc2c(Cl)ccc3c2CCNCC3)cc1Cl. The summed E-state index contributed by atoms with van der Waals surface area (Å²) in [5.74, 6) is 0.0842. The Hall–Kier alpha value is -1.55. The second kappa shape index (κ2) is 8.86. The number of ketones is 1. The fourth-order valence-corrected chi connectivity index (χ4v) is 4.15. The topological polar surface area (TPSA) is 41.1 Å². The molecule has 5 heteroatoms. The van der Waals surface area contributed by atoms with Crippen LogP contribution in [0.5, 0.6) is 0 Å². The quantitative estimate of drug-likeness (QED) is 0.592. The minimum absolute atomic E-state index is 0.0582. The van der Waals surface area contributed by atoms with Crippen molar-refractivity contribution in [3.8, 4) is 0 Å². The zero-order chi connectivity index (χ0) is 20.3. The van der Waals surface area contributed by atoms with E-state index in [1.807, 2.05) is 24.3 Å². The van der Waals surface area contributed by atoms with E-state index in [1.165, 1.54) is 11.1 Å². The van der Waals surface area contributed by atoms with E-state index < -0.39 is 0 Å². The van der Waals surface area contributed by atoms with Gasteiger partial charge in [-0.2, -0.15) is 0 Å². The fraction of sp³-hybridized carbons (Fsp3) is 0.435. The van der Waals surface area contributed by atoms with Crippen molar-refractivity contribution < 1.29 is 4.79 Å². The highest BCUT2D eigenvalue weighted by atomic mass is 35.5. The number of carbonyl (C=O) groups is 1. The third-order valence-electron chi connectivity index (χ3n) is 4.98. The fourth-order valence-electron chi connectivity index (χ4n) is 3.60. The van der Waals surface area contributed by atoms with Gasteiger partial charge >= 0.3 is 0 Å². The zero-order valence-corrected chi connectivity index (χ0v) is 18.3. The first-order valence-corrected chi connectivity index (χ1v) is 10.6. The molecule has 0 atom stereocenters. The second-order valence-electron chi connectivity index (χ2n) is 8.64. The van der Waals surface area contributed by atoms with Gasteiger partial charge in [0.1, 0.15) is 0 Å². The van der Waals surface area contributed by atoms with Crippen LogP contribution >= 0.6 is 23.2 Å². The number of anilines is 1. The Morgan fingerprint density at radius 1 is 1.07 bits per heavy atom. The van der Waals surface area contributed by atoms with E-state index in [2.05, 4.69) is 37.5 Å². The first-order valence-electron chi connectivity index (χ1n) is 9.81. The molecule has 1 aliphatic heterocycles. The molecule has 0 aromatic heterocycles. The molecule has 0 bridgehead atoms. The molecule has 0 saturated heterocycles. The van der Waals surface area contributed by atoms with E-state index in [0.717, 1.165) is 42.2 Å². The monoisotopic (exact) mass is 418 g/mol. The van der Waals surface area contributed by atoms with Crippen molar-refractivity contribution in [3.05, 3.63) is 62.6 Å². The summed E-state index contributed by atoms with van der Waals surface area (Å²) in [6, 6.07) is 9.77. The van der Waals surface area contributed by atoms with Crippen LogP contribution in [0.3, 0.4) is 0 Å². The highest BCUT2D eigenvalue weighted by Gasteiger charge is 2.20. The lowest BCUT2D eigenvalue weighted by Crippen LogP contribution is -2.16. The zero-order valence-electron chi connectivity index (χ0n) is 16.8. The van der Waals surface area contributed by atoms with Crippen LogP contribution in [-0.2, 0) is 19.4 Å².